The van der Waals surface area contributed by atoms with Crippen LogP contribution < -0.4 is 5.32 Å². The van der Waals surface area contributed by atoms with Gasteiger partial charge in [-0.25, -0.2) is 9.59 Å². The predicted molar refractivity (Wildman–Crippen MR) is 158 cm³/mol. The minimum atomic E-state index is -4.68. The molecule has 0 bridgehead atoms. The number of halogens is 3. The summed E-state index contributed by atoms with van der Waals surface area (Å²) in [7, 11) is 0. The molecule has 0 aromatic heterocycles. The number of carbonyl (C=O) groups excluding carboxylic acids is 3. The summed E-state index contributed by atoms with van der Waals surface area (Å²) in [5, 5.41) is 11.8. The highest BCUT2D eigenvalue weighted by Gasteiger charge is 2.55. The lowest BCUT2D eigenvalue weighted by Crippen LogP contribution is -2.43. The molecule has 0 spiro atoms. The predicted octanol–water partition coefficient (Wildman–Crippen LogP) is 4.45. The third-order valence-corrected chi connectivity index (χ3v) is 7.29. The monoisotopic (exact) mass is 637 g/mol. The average Bonchev–Trinajstić information content (AvgIpc) is 3.47. The van der Waals surface area contributed by atoms with Crippen LogP contribution in [0.3, 0.4) is 0 Å². The van der Waals surface area contributed by atoms with Gasteiger partial charge in [0.05, 0.1) is 12.2 Å². The molecule has 3 aromatic carbocycles. The smallest absolute Gasteiger partial charge is 0.422 e. The zero-order chi connectivity index (χ0) is 32.7. The minimum absolute atomic E-state index is 0.00909. The fraction of sp³-hybridized carbons (Fsp3) is 0.265. The lowest BCUT2D eigenvalue weighted by atomic mass is 9.91. The first-order chi connectivity index (χ1) is 22.1. The van der Waals surface area contributed by atoms with Crippen LogP contribution in [0, 0.1) is 0 Å². The van der Waals surface area contributed by atoms with E-state index in [0.717, 1.165) is 12.2 Å². The van der Waals surface area contributed by atoms with Gasteiger partial charge in [-0.3, -0.25) is 4.79 Å². The Morgan fingerprint density at radius 2 is 1.57 bits per heavy atom. The molecule has 1 aliphatic heterocycles. The number of aliphatic hydroxyl groups is 1. The van der Waals surface area contributed by atoms with Gasteiger partial charge in [-0.2, -0.15) is 13.2 Å². The number of esters is 2. The molecule has 1 heterocycles. The molecule has 2 aliphatic rings. The molecule has 3 aromatic rings. The molecule has 3 atom stereocenters. The number of benzene rings is 3. The first-order valence-electron chi connectivity index (χ1n) is 14.4. The number of fused-ring (bicyclic) bond motifs is 1. The van der Waals surface area contributed by atoms with Crippen molar-refractivity contribution in [3.05, 3.63) is 125 Å². The molecule has 9 nitrogen and oxygen atoms in total. The van der Waals surface area contributed by atoms with E-state index in [9.17, 15) is 32.7 Å². The zero-order valence-corrected chi connectivity index (χ0v) is 24.3. The number of carbonyl (C=O) groups is 3. The SMILES string of the molecule is O=C(C=Cc1ccccc1C(=O)OC1CC(C(=O)NCCO)=CC2OC(c3ccccc3)(c3ccccc3)OC21)OCC(F)(F)F. The second-order valence-corrected chi connectivity index (χ2v) is 10.5. The second-order valence-electron chi connectivity index (χ2n) is 10.5. The van der Waals surface area contributed by atoms with Crippen LogP contribution in [0.5, 0.6) is 0 Å². The number of nitrogens with one attached hydrogen (secondary N) is 1. The van der Waals surface area contributed by atoms with Crippen molar-refractivity contribution in [2.75, 3.05) is 19.8 Å². The van der Waals surface area contributed by atoms with Gasteiger partial charge in [-0.15, -0.1) is 0 Å². The van der Waals surface area contributed by atoms with Crippen molar-refractivity contribution in [2.24, 2.45) is 0 Å². The number of hydrogen-bond donors (Lipinski definition) is 2. The van der Waals surface area contributed by atoms with E-state index in [1.807, 2.05) is 60.7 Å². The van der Waals surface area contributed by atoms with E-state index in [0.29, 0.717) is 11.1 Å². The molecular formula is C34H30F3NO8. The molecule has 1 amide bonds. The molecule has 3 unspecified atom stereocenters. The van der Waals surface area contributed by atoms with E-state index < -0.39 is 54.7 Å². The molecule has 2 N–H and O–H groups in total. The third kappa shape index (κ3) is 7.53. The van der Waals surface area contributed by atoms with Gasteiger partial charge in [0.15, 0.2) is 6.61 Å². The van der Waals surface area contributed by atoms with Gasteiger partial charge in [-0.05, 0) is 23.8 Å². The number of alkyl halides is 3. The summed E-state index contributed by atoms with van der Waals surface area (Å²) in [6.07, 6.45) is -3.90. The summed E-state index contributed by atoms with van der Waals surface area (Å²) in [6.45, 7) is -2.02. The Balaban J connectivity index is 1.45. The lowest BCUT2D eigenvalue weighted by Gasteiger charge is -2.31. The van der Waals surface area contributed by atoms with Crippen LogP contribution >= 0.6 is 0 Å². The van der Waals surface area contributed by atoms with Gasteiger partial charge in [0.2, 0.25) is 11.7 Å². The number of rotatable bonds is 10. The van der Waals surface area contributed by atoms with Crippen LogP contribution in [-0.4, -0.2) is 67.2 Å². The molecule has 1 fully saturated rings. The minimum Gasteiger partial charge on any atom is -0.456 e. The van der Waals surface area contributed by atoms with Crippen LogP contribution in [0.25, 0.3) is 6.08 Å². The molecule has 0 saturated carbocycles. The normalized spacial score (nSPS) is 20.4. The van der Waals surface area contributed by atoms with Crippen LogP contribution in [0.15, 0.2) is 103 Å². The largest absolute Gasteiger partial charge is 0.456 e. The fourth-order valence-corrected chi connectivity index (χ4v) is 5.26. The first kappa shape index (κ1) is 32.6. The van der Waals surface area contributed by atoms with Crippen molar-refractivity contribution in [3.8, 4) is 0 Å². The Labute approximate surface area is 262 Å². The second kappa shape index (κ2) is 14.1. The maximum Gasteiger partial charge on any atom is 0.422 e. The maximum absolute atomic E-state index is 13.6. The molecule has 0 radical (unpaired) electrons. The quantitative estimate of drug-likeness (QED) is 0.247. The van der Waals surface area contributed by atoms with Crippen molar-refractivity contribution >= 4 is 23.9 Å². The van der Waals surface area contributed by atoms with Gasteiger partial charge in [-0.1, -0.05) is 78.9 Å². The highest BCUT2D eigenvalue weighted by atomic mass is 19.4. The van der Waals surface area contributed by atoms with E-state index in [4.69, 9.17) is 14.2 Å². The number of ether oxygens (including phenoxy) is 4. The summed E-state index contributed by atoms with van der Waals surface area (Å²) in [5.41, 5.74) is 1.80. The molecule has 240 valence electrons. The maximum atomic E-state index is 13.6. The first-order valence-corrected chi connectivity index (χ1v) is 14.4. The standard InChI is InChI=1S/C34H30F3NO8/c35-33(36,37)21-43-29(40)16-15-22-9-7-8-14-26(22)32(42)44-27-19-23(31(41)38-17-18-39)20-28-30(27)46-34(45-28,24-10-3-1-4-11-24)25-12-5-2-6-13-25/h1-16,20,27-28,30,39H,17-19,21H2,(H,38,41). The van der Waals surface area contributed by atoms with E-state index in [1.54, 1.807) is 18.2 Å². The number of amides is 1. The third-order valence-electron chi connectivity index (χ3n) is 7.29. The van der Waals surface area contributed by atoms with Crippen LogP contribution in [-0.2, 0) is 34.3 Å². The van der Waals surface area contributed by atoms with E-state index >= 15 is 0 Å². The zero-order valence-electron chi connectivity index (χ0n) is 24.3. The Bertz CT molecular complexity index is 1570. The Morgan fingerprint density at radius 3 is 2.20 bits per heavy atom. The molecule has 5 rings (SSSR count). The van der Waals surface area contributed by atoms with Crippen LogP contribution in [0.2, 0.25) is 0 Å². The average molecular weight is 638 g/mol. The highest BCUT2D eigenvalue weighted by molar-refractivity contribution is 5.96. The Morgan fingerprint density at radius 1 is 0.935 bits per heavy atom. The Hall–Kier alpha value is -4.78. The van der Waals surface area contributed by atoms with Crippen molar-refractivity contribution < 1.29 is 51.6 Å². The van der Waals surface area contributed by atoms with E-state index in [-0.39, 0.29) is 36.3 Å². The fourth-order valence-electron chi connectivity index (χ4n) is 5.26. The van der Waals surface area contributed by atoms with Gasteiger partial charge in [0.1, 0.15) is 18.3 Å². The summed E-state index contributed by atoms with van der Waals surface area (Å²) < 4.78 is 60.7. The molecule has 1 aliphatic carbocycles. The van der Waals surface area contributed by atoms with Crippen molar-refractivity contribution in [3.63, 3.8) is 0 Å². The van der Waals surface area contributed by atoms with Gasteiger partial charge in [0, 0.05) is 35.7 Å². The lowest BCUT2D eigenvalue weighted by molar-refractivity contribution is -0.182. The Kier molecular flexibility index (Phi) is 10.0. The number of hydrogen-bond acceptors (Lipinski definition) is 8. The number of aliphatic hydroxyl groups excluding tert-OH is 1. The summed E-state index contributed by atoms with van der Waals surface area (Å²) >= 11 is 0. The molecule has 12 heteroatoms. The van der Waals surface area contributed by atoms with Crippen molar-refractivity contribution in [2.45, 2.75) is 36.7 Å². The van der Waals surface area contributed by atoms with Gasteiger partial charge >= 0.3 is 18.1 Å². The van der Waals surface area contributed by atoms with Gasteiger partial charge < -0.3 is 29.4 Å². The van der Waals surface area contributed by atoms with Crippen molar-refractivity contribution in [1.82, 2.24) is 5.32 Å². The van der Waals surface area contributed by atoms with E-state index in [2.05, 4.69) is 10.1 Å². The van der Waals surface area contributed by atoms with E-state index in [1.165, 1.54) is 12.1 Å². The molecule has 46 heavy (non-hydrogen) atoms. The molecule has 1 saturated heterocycles. The van der Waals surface area contributed by atoms with Crippen molar-refractivity contribution in [1.29, 1.82) is 0 Å². The summed E-state index contributed by atoms with van der Waals surface area (Å²) in [5.74, 6) is -3.96. The topological polar surface area (TPSA) is 120 Å². The molecular weight excluding hydrogens is 607 g/mol. The summed E-state index contributed by atoms with van der Waals surface area (Å²) in [6, 6.07) is 24.4. The summed E-state index contributed by atoms with van der Waals surface area (Å²) in [4.78, 5) is 38.5. The van der Waals surface area contributed by atoms with Crippen LogP contribution in [0.1, 0.15) is 33.5 Å². The van der Waals surface area contributed by atoms with Gasteiger partial charge in [0.25, 0.3) is 0 Å². The highest BCUT2D eigenvalue weighted by Crippen LogP contribution is 2.47. The van der Waals surface area contributed by atoms with Crippen LogP contribution in [0.4, 0.5) is 13.2 Å².